The van der Waals surface area contributed by atoms with Gasteiger partial charge in [-0.25, -0.2) is 4.39 Å². The maximum Gasteiger partial charge on any atom is 0.168 e. The van der Waals surface area contributed by atoms with E-state index < -0.39 is 5.82 Å². The summed E-state index contributed by atoms with van der Waals surface area (Å²) < 4.78 is 20.5. The molecule has 4 nitrogen and oxygen atoms in total. The number of ether oxygens (including phenoxy) is 1. The van der Waals surface area contributed by atoms with Gasteiger partial charge in [0.1, 0.15) is 6.23 Å². The van der Waals surface area contributed by atoms with Crippen molar-refractivity contribution in [3.05, 3.63) is 20.9 Å². The van der Waals surface area contributed by atoms with Crippen LogP contribution in [-0.4, -0.2) is 32.1 Å². The highest BCUT2D eigenvalue weighted by Gasteiger charge is 2.23. The third kappa shape index (κ3) is 3.98. The van der Waals surface area contributed by atoms with Crippen molar-refractivity contribution in [3.8, 4) is 0 Å². The zero-order valence-electron chi connectivity index (χ0n) is 13.6. The van der Waals surface area contributed by atoms with Crippen molar-refractivity contribution in [2.45, 2.75) is 45.4 Å². The molecule has 1 unspecified atom stereocenters. The van der Waals surface area contributed by atoms with Crippen molar-refractivity contribution >= 4 is 45.1 Å². The van der Waals surface area contributed by atoms with Crippen molar-refractivity contribution in [2.24, 2.45) is 4.99 Å². The molecule has 0 aliphatic carbocycles. The number of aliphatic imine (C=N–C) groups is 1. The van der Waals surface area contributed by atoms with Crippen LogP contribution >= 0.6 is 27.5 Å². The van der Waals surface area contributed by atoms with Crippen LogP contribution in [-0.2, 0) is 4.74 Å². The van der Waals surface area contributed by atoms with E-state index in [4.69, 9.17) is 22.1 Å². The number of nitrogens with two attached hydrogens (primary N) is 1. The summed E-state index contributed by atoms with van der Waals surface area (Å²) in [6.45, 7) is 4.63. The smallest absolute Gasteiger partial charge is 0.168 e. The molecule has 7 heteroatoms. The van der Waals surface area contributed by atoms with E-state index in [2.05, 4.69) is 20.9 Å². The van der Waals surface area contributed by atoms with Gasteiger partial charge in [-0.2, -0.15) is 0 Å². The second-order valence-corrected chi connectivity index (χ2v) is 7.09. The van der Waals surface area contributed by atoms with Crippen molar-refractivity contribution in [1.82, 2.24) is 0 Å². The fraction of sp³-hybridized carbons (Fsp3) is 0.562. The Hall–Kier alpha value is -0.850. The largest absolute Gasteiger partial charge is 0.396 e. The normalized spacial score (nSPS) is 18.8. The Morgan fingerprint density at radius 3 is 2.74 bits per heavy atom. The van der Waals surface area contributed by atoms with E-state index >= 15 is 0 Å². The van der Waals surface area contributed by atoms with Crippen LogP contribution in [0.2, 0.25) is 5.02 Å². The van der Waals surface area contributed by atoms with E-state index in [0.29, 0.717) is 28.0 Å². The molecule has 1 aromatic rings. The molecule has 128 valence electrons. The number of benzene rings is 1. The Morgan fingerprint density at radius 2 is 2.17 bits per heavy atom. The Labute approximate surface area is 150 Å². The highest BCUT2D eigenvalue weighted by molar-refractivity contribution is 9.10. The maximum atomic E-state index is 14.6. The first kappa shape index (κ1) is 18.5. The summed E-state index contributed by atoms with van der Waals surface area (Å²) in [4.78, 5) is 6.20. The summed E-state index contributed by atoms with van der Waals surface area (Å²) in [5.41, 5.74) is 7.39. The molecule has 23 heavy (non-hydrogen) atoms. The molecule has 0 amide bonds. The molecule has 0 spiro atoms. The zero-order valence-corrected chi connectivity index (χ0v) is 15.9. The number of rotatable bonds is 4. The van der Waals surface area contributed by atoms with Gasteiger partial charge in [-0.15, -0.1) is 0 Å². The first-order valence-corrected chi connectivity index (χ1v) is 8.85. The lowest BCUT2D eigenvalue weighted by Gasteiger charge is -2.27. The lowest BCUT2D eigenvalue weighted by Crippen LogP contribution is -2.28. The summed E-state index contributed by atoms with van der Waals surface area (Å²) in [7, 11) is 1.79. The second kappa shape index (κ2) is 7.81. The first-order chi connectivity index (χ1) is 10.8. The van der Waals surface area contributed by atoms with Gasteiger partial charge in [0.2, 0.25) is 0 Å². The third-order valence-corrected chi connectivity index (χ3v) is 5.43. The molecule has 1 aromatic carbocycles. The Bertz CT molecular complexity index is 604. The molecule has 0 aromatic heterocycles. The molecule has 0 saturated carbocycles. The summed E-state index contributed by atoms with van der Waals surface area (Å²) in [6, 6.07) is 0.0792. The SMILES string of the molecule is CC(C)N(C)c1c(N)c(/C=N/C2CCCCO2)c(Br)c(Cl)c1F. The number of nitrogen functional groups attached to an aromatic ring is 1. The summed E-state index contributed by atoms with van der Waals surface area (Å²) in [5.74, 6) is -0.529. The summed E-state index contributed by atoms with van der Waals surface area (Å²) in [5, 5.41) is 0.00714. The van der Waals surface area contributed by atoms with Crippen LogP contribution in [0.25, 0.3) is 0 Å². The van der Waals surface area contributed by atoms with Gasteiger partial charge in [0, 0.05) is 31.5 Å². The maximum absolute atomic E-state index is 14.6. The van der Waals surface area contributed by atoms with Gasteiger partial charge in [0.15, 0.2) is 5.82 Å². The first-order valence-electron chi connectivity index (χ1n) is 7.68. The average Bonchev–Trinajstić information content (AvgIpc) is 2.53. The van der Waals surface area contributed by atoms with Crippen molar-refractivity contribution in [3.63, 3.8) is 0 Å². The van der Waals surface area contributed by atoms with Crippen LogP contribution < -0.4 is 10.6 Å². The van der Waals surface area contributed by atoms with E-state index in [1.807, 2.05) is 13.8 Å². The quantitative estimate of drug-likeness (QED) is 0.451. The number of hydrogen-bond acceptors (Lipinski definition) is 4. The molecule has 2 rings (SSSR count). The minimum atomic E-state index is -0.529. The van der Waals surface area contributed by atoms with Crippen molar-refractivity contribution in [2.75, 3.05) is 24.3 Å². The number of anilines is 2. The minimum Gasteiger partial charge on any atom is -0.396 e. The third-order valence-electron chi connectivity index (χ3n) is 4.03. The lowest BCUT2D eigenvalue weighted by atomic mass is 10.1. The molecule has 2 N–H and O–H groups in total. The van der Waals surface area contributed by atoms with E-state index in [1.54, 1.807) is 18.2 Å². The van der Waals surface area contributed by atoms with Gasteiger partial charge in [0.25, 0.3) is 0 Å². The fourth-order valence-corrected chi connectivity index (χ4v) is 3.09. The van der Waals surface area contributed by atoms with E-state index in [9.17, 15) is 4.39 Å². The van der Waals surface area contributed by atoms with Gasteiger partial charge in [-0.1, -0.05) is 11.6 Å². The van der Waals surface area contributed by atoms with E-state index in [1.165, 1.54) is 0 Å². The fourth-order valence-electron chi connectivity index (χ4n) is 2.41. The number of nitrogens with zero attached hydrogens (tertiary/aromatic N) is 2. The second-order valence-electron chi connectivity index (χ2n) is 5.92. The topological polar surface area (TPSA) is 50.8 Å². The lowest BCUT2D eigenvalue weighted by molar-refractivity contribution is 0.0227. The zero-order chi connectivity index (χ0) is 17.1. The van der Waals surface area contributed by atoms with Crippen molar-refractivity contribution < 1.29 is 9.13 Å². The molecule has 0 bridgehead atoms. The Kier molecular flexibility index (Phi) is 6.28. The molecular formula is C16H22BrClFN3O. The van der Waals surface area contributed by atoms with Gasteiger partial charge in [-0.05, 0) is 49.0 Å². The predicted molar refractivity (Wildman–Crippen MR) is 98.2 cm³/mol. The highest BCUT2D eigenvalue weighted by Crippen LogP contribution is 2.40. The van der Waals surface area contributed by atoms with Crippen LogP contribution in [0.3, 0.4) is 0 Å². The van der Waals surface area contributed by atoms with Gasteiger partial charge in [0.05, 0.1) is 20.9 Å². The molecule has 1 atom stereocenters. The molecule has 1 fully saturated rings. The molecule has 1 heterocycles. The van der Waals surface area contributed by atoms with Crippen LogP contribution in [0.4, 0.5) is 15.8 Å². The van der Waals surface area contributed by atoms with E-state index in [0.717, 1.165) is 19.3 Å². The number of halogens is 3. The summed E-state index contributed by atoms with van der Waals surface area (Å²) >= 11 is 9.46. The van der Waals surface area contributed by atoms with Gasteiger partial charge < -0.3 is 15.4 Å². The monoisotopic (exact) mass is 405 g/mol. The van der Waals surface area contributed by atoms with Crippen LogP contribution in [0.15, 0.2) is 9.47 Å². The van der Waals surface area contributed by atoms with Crippen LogP contribution in [0, 0.1) is 5.82 Å². The van der Waals surface area contributed by atoms with Crippen molar-refractivity contribution in [1.29, 1.82) is 0 Å². The molecule has 1 aliphatic heterocycles. The molecule has 0 radical (unpaired) electrons. The minimum absolute atomic E-state index is 0.00714. The summed E-state index contributed by atoms with van der Waals surface area (Å²) in [6.07, 6.45) is 4.47. The average molecular weight is 407 g/mol. The van der Waals surface area contributed by atoms with Crippen LogP contribution in [0.1, 0.15) is 38.7 Å². The predicted octanol–water partition coefficient (Wildman–Crippen LogP) is 4.61. The molecular weight excluding hydrogens is 385 g/mol. The van der Waals surface area contributed by atoms with Crippen LogP contribution in [0.5, 0.6) is 0 Å². The molecule has 1 aliphatic rings. The van der Waals surface area contributed by atoms with E-state index in [-0.39, 0.29) is 17.3 Å². The van der Waals surface area contributed by atoms with Gasteiger partial charge in [-0.3, -0.25) is 4.99 Å². The van der Waals surface area contributed by atoms with Gasteiger partial charge >= 0.3 is 0 Å². The molecule has 1 saturated heterocycles. The highest BCUT2D eigenvalue weighted by atomic mass is 79.9. The Balaban J connectivity index is 2.44. The number of hydrogen-bond donors (Lipinski definition) is 1. The standard InChI is InChI=1S/C16H22BrClFN3O/c1-9(2)22(3)16-14(19)13(18)12(17)10(15(16)20)8-21-11-6-4-5-7-23-11/h8-9,11H,4-7,20H2,1-3H3/b21-8+. The Morgan fingerprint density at radius 1 is 1.48 bits per heavy atom.